The average molecular weight is 286 g/mol. The molecule has 2 N–H and O–H groups in total. The van der Waals surface area contributed by atoms with Gasteiger partial charge in [0.2, 0.25) is 0 Å². The van der Waals surface area contributed by atoms with E-state index in [9.17, 15) is 5.11 Å². The maximum Gasteiger partial charge on any atom is 0.119 e. The SMILES string of the molecule is Cc1cccc(OCC(O)CN[C@@H](C)c2ccccn2)c1. The fourth-order valence-electron chi connectivity index (χ4n) is 2.01. The molecule has 0 saturated carbocycles. The molecule has 2 aromatic rings. The smallest absolute Gasteiger partial charge is 0.119 e. The molecule has 0 radical (unpaired) electrons. The Bertz CT molecular complexity index is 545. The first-order chi connectivity index (χ1) is 10.1. The Morgan fingerprint density at radius 3 is 2.81 bits per heavy atom. The molecule has 2 atom stereocenters. The maximum absolute atomic E-state index is 9.97. The van der Waals surface area contributed by atoms with Crippen LogP contribution in [-0.4, -0.2) is 29.3 Å². The first kappa shape index (κ1) is 15.5. The molecule has 1 unspecified atom stereocenters. The molecule has 21 heavy (non-hydrogen) atoms. The van der Waals surface area contributed by atoms with E-state index in [2.05, 4.69) is 10.3 Å². The molecule has 2 rings (SSSR count). The third-order valence-electron chi connectivity index (χ3n) is 3.22. The average Bonchev–Trinajstić information content (AvgIpc) is 2.51. The van der Waals surface area contributed by atoms with Crippen molar-refractivity contribution in [2.24, 2.45) is 0 Å². The summed E-state index contributed by atoms with van der Waals surface area (Å²) in [7, 11) is 0. The summed E-state index contributed by atoms with van der Waals surface area (Å²) in [6.07, 6.45) is 1.21. The lowest BCUT2D eigenvalue weighted by atomic mass is 10.2. The number of benzene rings is 1. The van der Waals surface area contributed by atoms with E-state index in [4.69, 9.17) is 4.74 Å². The molecular weight excluding hydrogens is 264 g/mol. The normalized spacial score (nSPS) is 13.7. The zero-order chi connectivity index (χ0) is 15.1. The minimum Gasteiger partial charge on any atom is -0.491 e. The van der Waals surface area contributed by atoms with E-state index in [-0.39, 0.29) is 12.6 Å². The van der Waals surface area contributed by atoms with Gasteiger partial charge >= 0.3 is 0 Å². The summed E-state index contributed by atoms with van der Waals surface area (Å²) >= 11 is 0. The van der Waals surface area contributed by atoms with Gasteiger partial charge in [0.05, 0.1) is 5.69 Å². The van der Waals surface area contributed by atoms with Crippen LogP contribution in [0.4, 0.5) is 0 Å². The van der Waals surface area contributed by atoms with Gasteiger partial charge in [-0.05, 0) is 43.7 Å². The summed E-state index contributed by atoms with van der Waals surface area (Å²) in [6, 6.07) is 13.7. The quantitative estimate of drug-likeness (QED) is 0.821. The monoisotopic (exact) mass is 286 g/mol. The van der Waals surface area contributed by atoms with Gasteiger partial charge in [0.15, 0.2) is 0 Å². The number of pyridine rings is 1. The first-order valence-corrected chi connectivity index (χ1v) is 7.17. The second-order valence-electron chi connectivity index (χ2n) is 5.17. The number of hydrogen-bond donors (Lipinski definition) is 2. The number of rotatable bonds is 7. The third kappa shape index (κ3) is 5.17. The number of aliphatic hydroxyl groups is 1. The van der Waals surface area contributed by atoms with Crippen molar-refractivity contribution >= 4 is 0 Å². The van der Waals surface area contributed by atoms with Crippen molar-refractivity contribution in [2.75, 3.05) is 13.2 Å². The van der Waals surface area contributed by atoms with E-state index in [0.717, 1.165) is 17.0 Å². The molecule has 4 heteroatoms. The topological polar surface area (TPSA) is 54.4 Å². The Hall–Kier alpha value is -1.91. The fraction of sp³-hybridized carbons (Fsp3) is 0.353. The third-order valence-corrected chi connectivity index (χ3v) is 3.22. The molecule has 1 heterocycles. The van der Waals surface area contributed by atoms with Crippen molar-refractivity contribution in [2.45, 2.75) is 26.0 Å². The molecule has 0 fully saturated rings. The lowest BCUT2D eigenvalue weighted by Gasteiger charge is -2.17. The number of nitrogens with zero attached hydrogens (tertiary/aromatic N) is 1. The van der Waals surface area contributed by atoms with Crippen LogP contribution in [0.3, 0.4) is 0 Å². The molecule has 0 aliphatic rings. The molecule has 1 aromatic heterocycles. The van der Waals surface area contributed by atoms with Crippen molar-refractivity contribution in [1.29, 1.82) is 0 Å². The van der Waals surface area contributed by atoms with E-state index in [1.807, 2.05) is 56.3 Å². The number of hydrogen-bond acceptors (Lipinski definition) is 4. The van der Waals surface area contributed by atoms with Crippen LogP contribution in [0.1, 0.15) is 24.2 Å². The van der Waals surface area contributed by atoms with Crippen LogP contribution in [0.15, 0.2) is 48.7 Å². The molecule has 0 saturated heterocycles. The minimum atomic E-state index is -0.559. The van der Waals surface area contributed by atoms with Crippen LogP contribution < -0.4 is 10.1 Å². The summed E-state index contributed by atoms with van der Waals surface area (Å²) in [6.45, 7) is 4.77. The summed E-state index contributed by atoms with van der Waals surface area (Å²) in [5.74, 6) is 0.784. The largest absolute Gasteiger partial charge is 0.491 e. The highest BCUT2D eigenvalue weighted by molar-refractivity contribution is 5.27. The van der Waals surface area contributed by atoms with Crippen molar-refractivity contribution < 1.29 is 9.84 Å². The Balaban J connectivity index is 1.73. The highest BCUT2D eigenvalue weighted by atomic mass is 16.5. The summed E-state index contributed by atoms with van der Waals surface area (Å²) in [4.78, 5) is 4.28. The molecule has 0 amide bonds. The number of ether oxygens (including phenoxy) is 1. The van der Waals surface area contributed by atoms with Crippen LogP contribution >= 0.6 is 0 Å². The van der Waals surface area contributed by atoms with Crippen molar-refractivity contribution in [3.05, 3.63) is 59.9 Å². The standard InChI is InChI=1S/C17H22N2O2/c1-13-6-5-7-16(10-13)21-12-15(20)11-19-14(2)17-8-3-4-9-18-17/h3-10,14-15,19-20H,11-12H2,1-2H3/t14-,15?/m0/s1. The summed E-state index contributed by atoms with van der Waals surface area (Å²) in [5, 5.41) is 13.2. The van der Waals surface area contributed by atoms with Crippen molar-refractivity contribution in [3.8, 4) is 5.75 Å². The maximum atomic E-state index is 9.97. The highest BCUT2D eigenvalue weighted by Gasteiger charge is 2.10. The molecule has 0 spiro atoms. The number of aliphatic hydroxyl groups excluding tert-OH is 1. The van der Waals surface area contributed by atoms with Crippen LogP contribution in [-0.2, 0) is 0 Å². The number of aryl methyl sites for hydroxylation is 1. The van der Waals surface area contributed by atoms with Crippen molar-refractivity contribution in [1.82, 2.24) is 10.3 Å². The van der Waals surface area contributed by atoms with Gasteiger partial charge in [0.25, 0.3) is 0 Å². The lowest BCUT2D eigenvalue weighted by molar-refractivity contribution is 0.104. The molecule has 1 aromatic carbocycles. The number of nitrogens with one attached hydrogen (secondary N) is 1. The predicted octanol–water partition coefficient (Wildman–Crippen LogP) is 2.48. The van der Waals surface area contributed by atoms with Crippen molar-refractivity contribution in [3.63, 3.8) is 0 Å². The second-order valence-corrected chi connectivity index (χ2v) is 5.17. The predicted molar refractivity (Wildman–Crippen MR) is 83.3 cm³/mol. The highest BCUT2D eigenvalue weighted by Crippen LogP contribution is 2.12. The summed E-state index contributed by atoms with van der Waals surface area (Å²) < 4.78 is 5.58. The Labute approximate surface area is 125 Å². The van der Waals surface area contributed by atoms with Gasteiger partial charge in [-0.1, -0.05) is 18.2 Å². The molecule has 112 valence electrons. The fourth-order valence-corrected chi connectivity index (χ4v) is 2.01. The Morgan fingerprint density at radius 1 is 1.24 bits per heavy atom. The first-order valence-electron chi connectivity index (χ1n) is 7.17. The zero-order valence-electron chi connectivity index (χ0n) is 12.5. The van der Waals surface area contributed by atoms with Crippen LogP contribution in [0.25, 0.3) is 0 Å². The van der Waals surface area contributed by atoms with Crippen LogP contribution in [0.2, 0.25) is 0 Å². The van der Waals surface area contributed by atoms with Gasteiger partial charge in [-0.25, -0.2) is 0 Å². The van der Waals surface area contributed by atoms with E-state index in [1.165, 1.54) is 0 Å². The van der Waals surface area contributed by atoms with Gasteiger partial charge in [0, 0.05) is 18.8 Å². The minimum absolute atomic E-state index is 0.0971. The molecule has 0 aliphatic heterocycles. The van der Waals surface area contributed by atoms with Gasteiger partial charge in [-0.3, -0.25) is 4.98 Å². The van der Waals surface area contributed by atoms with Crippen LogP contribution in [0.5, 0.6) is 5.75 Å². The van der Waals surface area contributed by atoms with E-state index in [1.54, 1.807) is 6.20 Å². The van der Waals surface area contributed by atoms with E-state index in [0.29, 0.717) is 6.54 Å². The van der Waals surface area contributed by atoms with Gasteiger partial charge < -0.3 is 15.2 Å². The second kappa shape index (κ2) is 7.76. The molecule has 4 nitrogen and oxygen atoms in total. The Morgan fingerprint density at radius 2 is 2.10 bits per heavy atom. The van der Waals surface area contributed by atoms with Gasteiger partial charge in [0.1, 0.15) is 18.5 Å². The number of aromatic nitrogens is 1. The van der Waals surface area contributed by atoms with Gasteiger partial charge in [-0.2, -0.15) is 0 Å². The zero-order valence-corrected chi connectivity index (χ0v) is 12.5. The van der Waals surface area contributed by atoms with Crippen LogP contribution in [0, 0.1) is 6.92 Å². The molecule has 0 aliphatic carbocycles. The van der Waals surface area contributed by atoms with Gasteiger partial charge in [-0.15, -0.1) is 0 Å². The Kier molecular flexibility index (Phi) is 5.72. The molecule has 0 bridgehead atoms. The lowest BCUT2D eigenvalue weighted by Crippen LogP contribution is -2.33. The van der Waals surface area contributed by atoms with E-state index >= 15 is 0 Å². The summed E-state index contributed by atoms with van der Waals surface area (Å²) in [5.41, 5.74) is 2.10. The molecular formula is C17H22N2O2. The van der Waals surface area contributed by atoms with E-state index < -0.39 is 6.10 Å².